The molecular formula is C15H20N4O3S2. The number of methoxy groups -OCH3 is 1. The highest BCUT2D eigenvalue weighted by atomic mass is 32.2. The lowest BCUT2D eigenvalue weighted by Crippen LogP contribution is -2.30. The zero-order valence-corrected chi connectivity index (χ0v) is 15.6. The fourth-order valence-electron chi connectivity index (χ4n) is 1.98. The third-order valence-electron chi connectivity index (χ3n) is 3.13. The second kappa shape index (κ2) is 8.41. The van der Waals surface area contributed by atoms with Crippen molar-refractivity contribution in [3.8, 4) is 0 Å². The lowest BCUT2D eigenvalue weighted by atomic mass is 10.3. The molecule has 0 bridgehead atoms. The molecule has 0 aliphatic rings. The number of aromatic amines is 1. The molecule has 2 heterocycles. The molecule has 0 spiro atoms. The van der Waals surface area contributed by atoms with Crippen LogP contribution in [0.2, 0.25) is 0 Å². The molecule has 0 aliphatic heterocycles. The van der Waals surface area contributed by atoms with Crippen LogP contribution >= 0.6 is 23.1 Å². The summed E-state index contributed by atoms with van der Waals surface area (Å²) in [6, 6.07) is 1.42. The van der Waals surface area contributed by atoms with Gasteiger partial charge in [-0.05, 0) is 20.8 Å². The molecule has 9 heteroatoms. The van der Waals surface area contributed by atoms with E-state index in [-0.39, 0.29) is 16.7 Å². The van der Waals surface area contributed by atoms with Gasteiger partial charge >= 0.3 is 0 Å². The van der Waals surface area contributed by atoms with Gasteiger partial charge < -0.3 is 15.0 Å². The summed E-state index contributed by atoms with van der Waals surface area (Å²) in [7, 11) is 1.63. The van der Waals surface area contributed by atoms with Crippen LogP contribution in [0, 0.1) is 13.8 Å². The van der Waals surface area contributed by atoms with E-state index in [9.17, 15) is 9.59 Å². The summed E-state index contributed by atoms with van der Waals surface area (Å²) in [5.74, 6) is -0.120. The second-order valence-corrected chi connectivity index (χ2v) is 7.72. The monoisotopic (exact) mass is 368 g/mol. The molecule has 0 unspecified atom stereocenters. The number of aromatic nitrogens is 3. The summed E-state index contributed by atoms with van der Waals surface area (Å²) in [5.41, 5.74) is 1.31. The van der Waals surface area contributed by atoms with Crippen molar-refractivity contribution in [2.75, 3.05) is 7.11 Å². The predicted octanol–water partition coefficient (Wildman–Crippen LogP) is 1.79. The van der Waals surface area contributed by atoms with Crippen molar-refractivity contribution < 1.29 is 9.53 Å². The van der Waals surface area contributed by atoms with Gasteiger partial charge in [0.05, 0.1) is 24.1 Å². The average molecular weight is 368 g/mol. The van der Waals surface area contributed by atoms with Crippen molar-refractivity contribution in [2.24, 2.45) is 0 Å². The maximum atomic E-state index is 12.2. The van der Waals surface area contributed by atoms with Gasteiger partial charge in [-0.25, -0.2) is 9.97 Å². The number of nitrogens with zero attached hydrogens (tertiary/aromatic N) is 2. The van der Waals surface area contributed by atoms with Crippen LogP contribution in [0.5, 0.6) is 0 Å². The third kappa shape index (κ3) is 5.15. The largest absolute Gasteiger partial charge is 0.378 e. The minimum Gasteiger partial charge on any atom is -0.378 e. The summed E-state index contributed by atoms with van der Waals surface area (Å²) in [6.07, 6.45) is 0. The van der Waals surface area contributed by atoms with E-state index in [0.717, 1.165) is 15.6 Å². The number of carbonyl (C=O) groups is 1. The maximum Gasteiger partial charge on any atom is 0.251 e. The molecule has 130 valence electrons. The van der Waals surface area contributed by atoms with Crippen molar-refractivity contribution in [3.05, 3.63) is 37.7 Å². The van der Waals surface area contributed by atoms with Gasteiger partial charge in [0.1, 0.15) is 5.01 Å². The van der Waals surface area contributed by atoms with E-state index in [1.807, 2.05) is 6.92 Å². The molecule has 2 aromatic heterocycles. The fraction of sp³-hybridized carbons (Fsp3) is 0.467. The quantitative estimate of drug-likeness (QED) is 0.571. The Morgan fingerprint density at radius 1 is 1.46 bits per heavy atom. The number of nitrogens with one attached hydrogen (secondary N) is 2. The molecular weight excluding hydrogens is 348 g/mol. The molecule has 2 N–H and O–H groups in total. The van der Waals surface area contributed by atoms with E-state index in [1.165, 1.54) is 29.2 Å². The average Bonchev–Trinajstić information content (AvgIpc) is 2.84. The minimum absolute atomic E-state index is 0.120. The van der Waals surface area contributed by atoms with Gasteiger partial charge in [-0.2, -0.15) is 0 Å². The Kier molecular flexibility index (Phi) is 6.52. The number of aryl methyl sites for hydroxylation is 2. The second-order valence-electron chi connectivity index (χ2n) is 5.22. The summed E-state index contributed by atoms with van der Waals surface area (Å²) >= 11 is 2.75. The van der Waals surface area contributed by atoms with E-state index in [0.29, 0.717) is 24.0 Å². The molecule has 2 aromatic rings. The summed E-state index contributed by atoms with van der Waals surface area (Å²) in [5, 5.41) is 3.86. The van der Waals surface area contributed by atoms with Crippen LogP contribution in [0.25, 0.3) is 0 Å². The van der Waals surface area contributed by atoms with Gasteiger partial charge in [-0.15, -0.1) is 11.3 Å². The van der Waals surface area contributed by atoms with Crippen molar-refractivity contribution in [1.82, 2.24) is 20.3 Å². The summed E-state index contributed by atoms with van der Waals surface area (Å²) in [4.78, 5) is 35.9. The van der Waals surface area contributed by atoms with Gasteiger partial charge in [-0.1, -0.05) is 11.8 Å². The molecule has 0 aliphatic carbocycles. The highest BCUT2D eigenvalue weighted by Gasteiger charge is 2.17. The minimum atomic E-state index is -0.373. The summed E-state index contributed by atoms with van der Waals surface area (Å²) in [6.45, 7) is 6.33. The molecule has 24 heavy (non-hydrogen) atoms. The Morgan fingerprint density at radius 2 is 2.21 bits per heavy atom. The van der Waals surface area contributed by atoms with Crippen LogP contribution in [0.4, 0.5) is 0 Å². The van der Waals surface area contributed by atoms with Crippen LogP contribution in [-0.4, -0.2) is 33.2 Å². The number of amides is 1. The Bertz CT molecular complexity index is 772. The Morgan fingerprint density at radius 3 is 2.88 bits per heavy atom. The first-order chi connectivity index (χ1) is 11.4. The van der Waals surface area contributed by atoms with E-state index in [4.69, 9.17) is 4.74 Å². The number of thioether (sulfide) groups is 1. The molecule has 0 fully saturated rings. The number of thiazole rings is 1. The SMILES string of the molecule is COCc1nc(C)c(CNC(=O)[C@@H](C)Sc2nc(C)cc(=O)[nH]2)s1. The van der Waals surface area contributed by atoms with Gasteiger partial charge in [0.25, 0.3) is 5.56 Å². The van der Waals surface area contributed by atoms with Gasteiger partial charge in [0.15, 0.2) is 5.16 Å². The first-order valence-electron chi connectivity index (χ1n) is 7.35. The molecule has 1 amide bonds. The number of rotatable bonds is 7. The normalized spacial score (nSPS) is 12.2. The van der Waals surface area contributed by atoms with Crippen LogP contribution in [0.1, 0.15) is 28.2 Å². The first kappa shape index (κ1) is 18.6. The van der Waals surface area contributed by atoms with Crippen molar-refractivity contribution in [3.63, 3.8) is 0 Å². The number of ether oxygens (including phenoxy) is 1. The molecule has 7 nitrogen and oxygen atoms in total. The van der Waals surface area contributed by atoms with E-state index in [1.54, 1.807) is 21.0 Å². The zero-order valence-electron chi connectivity index (χ0n) is 14.0. The van der Waals surface area contributed by atoms with Gasteiger partial charge in [-0.3, -0.25) is 9.59 Å². The van der Waals surface area contributed by atoms with E-state index < -0.39 is 0 Å². The number of hydrogen-bond donors (Lipinski definition) is 2. The van der Waals surface area contributed by atoms with Crippen molar-refractivity contribution in [2.45, 2.75) is 44.3 Å². The Labute approximate surface area is 148 Å². The molecule has 2 rings (SSSR count). The molecule has 0 radical (unpaired) electrons. The van der Waals surface area contributed by atoms with Gasteiger partial charge in [0, 0.05) is 23.7 Å². The molecule has 0 saturated heterocycles. The van der Waals surface area contributed by atoms with Crippen LogP contribution in [0.15, 0.2) is 16.0 Å². The maximum absolute atomic E-state index is 12.2. The first-order valence-corrected chi connectivity index (χ1v) is 9.05. The Balaban J connectivity index is 1.93. The number of H-pyrrole nitrogens is 1. The van der Waals surface area contributed by atoms with Crippen molar-refractivity contribution in [1.29, 1.82) is 0 Å². The molecule has 0 saturated carbocycles. The van der Waals surface area contributed by atoms with Crippen molar-refractivity contribution >= 4 is 29.0 Å². The molecule has 0 aromatic carbocycles. The topological polar surface area (TPSA) is 97.0 Å². The highest BCUT2D eigenvalue weighted by molar-refractivity contribution is 8.00. The summed E-state index contributed by atoms with van der Waals surface area (Å²) < 4.78 is 5.07. The lowest BCUT2D eigenvalue weighted by Gasteiger charge is -2.11. The number of hydrogen-bond acceptors (Lipinski definition) is 7. The standard InChI is InChI=1S/C15H20N4O3S2/c1-8-5-12(20)19-15(17-8)23-10(3)14(21)16-6-11-9(2)18-13(24-11)7-22-4/h5,10H,6-7H2,1-4H3,(H,16,21)(H,17,19,20)/t10-/m1/s1. The molecule has 1 atom stereocenters. The van der Waals surface area contributed by atoms with E-state index in [2.05, 4.69) is 20.3 Å². The number of carbonyl (C=O) groups excluding carboxylic acids is 1. The highest BCUT2D eigenvalue weighted by Crippen LogP contribution is 2.20. The van der Waals surface area contributed by atoms with Gasteiger partial charge in [0.2, 0.25) is 5.91 Å². The Hall–Kier alpha value is -1.71. The fourth-order valence-corrected chi connectivity index (χ4v) is 3.84. The van der Waals surface area contributed by atoms with E-state index >= 15 is 0 Å². The smallest absolute Gasteiger partial charge is 0.251 e. The van der Waals surface area contributed by atoms with Crippen LogP contribution in [-0.2, 0) is 22.7 Å². The predicted molar refractivity (Wildman–Crippen MR) is 94.3 cm³/mol. The van der Waals surface area contributed by atoms with Crippen LogP contribution in [0.3, 0.4) is 0 Å². The third-order valence-corrected chi connectivity index (χ3v) is 5.25. The lowest BCUT2D eigenvalue weighted by molar-refractivity contribution is -0.120. The van der Waals surface area contributed by atoms with Crippen LogP contribution < -0.4 is 10.9 Å². The zero-order chi connectivity index (χ0) is 17.7.